The van der Waals surface area contributed by atoms with Gasteiger partial charge in [-0.1, -0.05) is 13.3 Å². The Kier molecular flexibility index (Phi) is 5.53. The van der Waals surface area contributed by atoms with E-state index >= 15 is 0 Å². The molecule has 0 bridgehead atoms. The number of nitrogens with zero attached hydrogens (tertiary/aromatic N) is 1. The highest BCUT2D eigenvalue weighted by Crippen LogP contribution is 2.24. The third-order valence-electron chi connectivity index (χ3n) is 3.83. The third kappa shape index (κ3) is 4.85. The largest absolute Gasteiger partial charge is 0.319 e. The summed E-state index contributed by atoms with van der Waals surface area (Å²) in [6.45, 7) is 4.80. The molecule has 2 unspecified atom stereocenters. The van der Waals surface area contributed by atoms with Crippen LogP contribution in [0.2, 0.25) is 0 Å². The van der Waals surface area contributed by atoms with Gasteiger partial charge in [0.15, 0.2) is 5.78 Å². The summed E-state index contributed by atoms with van der Waals surface area (Å²) < 4.78 is 24.5. The second-order valence-electron chi connectivity index (χ2n) is 5.92. The lowest BCUT2D eigenvalue weighted by atomic mass is 9.84. The van der Waals surface area contributed by atoms with Gasteiger partial charge in [0, 0.05) is 19.5 Å². The van der Waals surface area contributed by atoms with E-state index in [4.69, 9.17) is 5.73 Å². The molecule has 1 saturated heterocycles. The Balaban J connectivity index is 2.60. The highest BCUT2D eigenvalue weighted by atomic mass is 32.2. The summed E-state index contributed by atoms with van der Waals surface area (Å²) in [6.07, 6.45) is 4.88. The zero-order valence-corrected chi connectivity index (χ0v) is 13.0. The van der Waals surface area contributed by atoms with Crippen molar-refractivity contribution in [1.82, 2.24) is 4.31 Å². The first-order valence-electron chi connectivity index (χ1n) is 6.94. The van der Waals surface area contributed by atoms with Crippen molar-refractivity contribution in [3.8, 4) is 0 Å². The zero-order valence-electron chi connectivity index (χ0n) is 12.2. The molecular weight excluding hydrogens is 264 g/mol. The van der Waals surface area contributed by atoms with Crippen molar-refractivity contribution in [2.24, 2.45) is 11.7 Å². The molecule has 0 amide bonds. The van der Waals surface area contributed by atoms with Crippen molar-refractivity contribution < 1.29 is 13.2 Å². The maximum absolute atomic E-state index is 12.2. The molecule has 5 nitrogen and oxygen atoms in total. The molecule has 0 aromatic heterocycles. The Morgan fingerprint density at radius 1 is 1.47 bits per heavy atom. The van der Waals surface area contributed by atoms with E-state index in [1.165, 1.54) is 10.6 Å². The van der Waals surface area contributed by atoms with E-state index in [2.05, 4.69) is 0 Å². The first-order chi connectivity index (χ1) is 8.66. The van der Waals surface area contributed by atoms with Gasteiger partial charge in [-0.3, -0.25) is 4.79 Å². The predicted octanol–water partition coefficient (Wildman–Crippen LogP) is 1.13. The van der Waals surface area contributed by atoms with Gasteiger partial charge in [0.05, 0.1) is 11.8 Å². The minimum absolute atomic E-state index is 0.0506. The summed E-state index contributed by atoms with van der Waals surface area (Å²) >= 11 is 0. The second-order valence-corrected chi connectivity index (χ2v) is 7.91. The van der Waals surface area contributed by atoms with E-state index < -0.39 is 15.6 Å². The van der Waals surface area contributed by atoms with Gasteiger partial charge in [-0.05, 0) is 32.1 Å². The minimum atomic E-state index is -3.15. The number of hydrogen-bond donors (Lipinski definition) is 1. The molecule has 0 aromatic rings. The van der Waals surface area contributed by atoms with Crippen molar-refractivity contribution in [3.63, 3.8) is 0 Å². The summed E-state index contributed by atoms with van der Waals surface area (Å²) in [5.41, 5.74) is 5.25. The van der Waals surface area contributed by atoms with Crippen LogP contribution in [0.25, 0.3) is 0 Å². The quantitative estimate of drug-likeness (QED) is 0.795. The molecule has 1 aliphatic rings. The number of Topliss-reactive ketones (excluding diaryl/α,β-unsaturated/α-hetero) is 1. The molecule has 0 aromatic carbocycles. The Labute approximate surface area is 116 Å². The molecule has 1 heterocycles. The fourth-order valence-corrected chi connectivity index (χ4v) is 3.59. The summed E-state index contributed by atoms with van der Waals surface area (Å²) in [4.78, 5) is 12.2. The van der Waals surface area contributed by atoms with Crippen molar-refractivity contribution in [3.05, 3.63) is 0 Å². The summed E-state index contributed by atoms with van der Waals surface area (Å²) in [5.74, 6) is 0.158. The number of nitrogens with two attached hydrogens (primary N) is 1. The fraction of sp³-hybridized carbons (Fsp3) is 0.923. The van der Waals surface area contributed by atoms with Crippen LogP contribution in [0, 0.1) is 5.92 Å². The van der Waals surface area contributed by atoms with Gasteiger partial charge in [-0.15, -0.1) is 0 Å². The Bertz CT molecular complexity index is 418. The maximum atomic E-state index is 12.2. The fourth-order valence-electron chi connectivity index (χ4n) is 2.65. The smallest absolute Gasteiger partial charge is 0.211 e. The highest BCUT2D eigenvalue weighted by molar-refractivity contribution is 7.88. The van der Waals surface area contributed by atoms with Gasteiger partial charge >= 0.3 is 0 Å². The SMILES string of the molecule is CCCC(C)(N)C(=O)CC1CCCN(S(C)(=O)=O)C1. The van der Waals surface area contributed by atoms with Crippen LogP contribution in [-0.4, -0.2) is 43.4 Å². The van der Waals surface area contributed by atoms with Gasteiger partial charge in [-0.25, -0.2) is 12.7 Å². The van der Waals surface area contributed by atoms with Crippen molar-refractivity contribution in [2.45, 2.75) is 51.5 Å². The van der Waals surface area contributed by atoms with E-state index in [0.29, 0.717) is 25.9 Å². The van der Waals surface area contributed by atoms with E-state index in [1.54, 1.807) is 6.92 Å². The van der Waals surface area contributed by atoms with E-state index in [-0.39, 0.29) is 11.7 Å². The molecule has 2 N–H and O–H groups in total. The third-order valence-corrected chi connectivity index (χ3v) is 5.10. The normalized spacial score (nSPS) is 24.9. The van der Waals surface area contributed by atoms with Crippen LogP contribution >= 0.6 is 0 Å². The molecule has 0 aliphatic carbocycles. The highest BCUT2D eigenvalue weighted by Gasteiger charge is 2.32. The Hall–Kier alpha value is -0.460. The van der Waals surface area contributed by atoms with E-state index in [9.17, 15) is 13.2 Å². The molecule has 1 fully saturated rings. The van der Waals surface area contributed by atoms with Crippen LogP contribution in [0.15, 0.2) is 0 Å². The van der Waals surface area contributed by atoms with Gasteiger partial charge in [-0.2, -0.15) is 0 Å². The van der Waals surface area contributed by atoms with Crippen LogP contribution in [0.1, 0.15) is 46.0 Å². The molecular formula is C13H26N2O3S. The van der Waals surface area contributed by atoms with Crippen LogP contribution in [0.3, 0.4) is 0 Å². The summed E-state index contributed by atoms with van der Waals surface area (Å²) in [5, 5.41) is 0. The molecule has 2 atom stereocenters. The zero-order chi connectivity index (χ0) is 14.7. The van der Waals surface area contributed by atoms with Gasteiger partial charge in [0.2, 0.25) is 10.0 Å². The first kappa shape index (κ1) is 16.6. The maximum Gasteiger partial charge on any atom is 0.211 e. The van der Waals surface area contributed by atoms with Crippen molar-refractivity contribution >= 4 is 15.8 Å². The summed E-state index contributed by atoms with van der Waals surface area (Å²) in [7, 11) is -3.15. The molecule has 112 valence electrons. The molecule has 19 heavy (non-hydrogen) atoms. The lowest BCUT2D eigenvalue weighted by Crippen LogP contribution is -2.47. The Morgan fingerprint density at radius 2 is 2.11 bits per heavy atom. The number of ketones is 1. The van der Waals surface area contributed by atoms with E-state index in [1.807, 2.05) is 6.92 Å². The topological polar surface area (TPSA) is 80.5 Å². The predicted molar refractivity (Wildman–Crippen MR) is 76.3 cm³/mol. The molecule has 1 rings (SSSR count). The molecule has 0 spiro atoms. The number of sulfonamides is 1. The van der Waals surface area contributed by atoms with Crippen LogP contribution in [-0.2, 0) is 14.8 Å². The first-order valence-corrected chi connectivity index (χ1v) is 8.79. The van der Waals surface area contributed by atoms with Crippen LogP contribution in [0.5, 0.6) is 0 Å². The second kappa shape index (κ2) is 6.33. The lowest BCUT2D eigenvalue weighted by molar-refractivity contribution is -0.125. The molecule has 1 aliphatic heterocycles. The average molecular weight is 290 g/mol. The van der Waals surface area contributed by atoms with Crippen LogP contribution in [0.4, 0.5) is 0 Å². The molecule has 0 saturated carbocycles. The molecule has 0 radical (unpaired) electrons. The lowest BCUT2D eigenvalue weighted by Gasteiger charge is -2.32. The Morgan fingerprint density at radius 3 is 2.63 bits per heavy atom. The number of carbonyl (C=O) groups excluding carboxylic acids is 1. The van der Waals surface area contributed by atoms with Crippen LogP contribution < -0.4 is 5.73 Å². The monoisotopic (exact) mass is 290 g/mol. The van der Waals surface area contributed by atoms with Gasteiger partial charge in [0.1, 0.15) is 0 Å². The van der Waals surface area contributed by atoms with E-state index in [0.717, 1.165) is 19.3 Å². The van der Waals surface area contributed by atoms with Gasteiger partial charge in [0.25, 0.3) is 0 Å². The number of carbonyl (C=O) groups is 1. The van der Waals surface area contributed by atoms with Crippen molar-refractivity contribution in [1.29, 1.82) is 0 Å². The number of rotatable bonds is 6. The standard InChI is InChI=1S/C13H26N2O3S/c1-4-7-13(2,14)12(16)9-11-6-5-8-15(10-11)19(3,17)18/h11H,4-10,14H2,1-3H3. The molecule has 6 heteroatoms. The van der Waals surface area contributed by atoms with Crippen molar-refractivity contribution in [2.75, 3.05) is 19.3 Å². The average Bonchev–Trinajstić information content (AvgIpc) is 2.28. The number of hydrogen-bond acceptors (Lipinski definition) is 4. The van der Waals surface area contributed by atoms with Gasteiger partial charge < -0.3 is 5.73 Å². The minimum Gasteiger partial charge on any atom is -0.319 e. The summed E-state index contributed by atoms with van der Waals surface area (Å²) in [6, 6.07) is 0. The number of piperidine rings is 1.